The number of carboxylic acid groups (broad SMARTS) is 2. The summed E-state index contributed by atoms with van der Waals surface area (Å²) in [6.45, 7) is 0.276. The number of hydrogen-bond acceptors (Lipinski definition) is 3. The van der Waals surface area contributed by atoms with Crippen LogP contribution < -0.4 is 16.0 Å². The van der Waals surface area contributed by atoms with Crippen LogP contribution in [0.15, 0.2) is 0 Å². The van der Waals surface area contributed by atoms with Crippen LogP contribution >= 0.6 is 0 Å². The van der Waals surface area contributed by atoms with E-state index >= 15 is 0 Å². The van der Waals surface area contributed by atoms with Crippen LogP contribution in [0.25, 0.3) is 0 Å². The van der Waals surface area contributed by atoms with Crippen LogP contribution in [0.4, 0.5) is 9.59 Å². The van der Waals surface area contributed by atoms with Gasteiger partial charge in [-0.3, -0.25) is 4.79 Å². The van der Waals surface area contributed by atoms with E-state index in [4.69, 9.17) is 16.6 Å². The average molecular weight is 271 g/mol. The molecule has 0 aromatic rings. The monoisotopic (exact) mass is 271 g/mol. The third kappa shape index (κ3) is 9.29. The lowest BCUT2D eigenvalue weighted by Crippen LogP contribution is -2.46. The third-order valence-corrected chi connectivity index (χ3v) is 2.17. The second-order valence-electron chi connectivity index (χ2n) is 3.65. The highest BCUT2D eigenvalue weighted by Gasteiger charge is 2.19. The molecule has 8 nitrogen and oxygen atoms in total. The molecule has 1 unspecified atom stereocenters. The van der Waals surface area contributed by atoms with Gasteiger partial charge in [0.2, 0.25) is 5.91 Å². The molecule has 0 aromatic carbocycles. The van der Waals surface area contributed by atoms with Gasteiger partial charge in [-0.2, -0.15) is 0 Å². The average Bonchev–Trinajstić information content (AvgIpc) is 2.33. The van der Waals surface area contributed by atoms with E-state index in [0.717, 1.165) is 0 Å². The molecule has 0 fully saturated rings. The quantitative estimate of drug-likeness (QED) is 0.309. The fourth-order valence-corrected chi connectivity index (χ4v) is 1.35. The van der Waals surface area contributed by atoms with Gasteiger partial charge in [-0.05, 0) is 19.3 Å². The Bertz CT molecular complexity index is 364. The van der Waals surface area contributed by atoms with Crippen LogP contribution in [0.1, 0.15) is 19.3 Å². The number of carbonyl (C=O) groups excluding carboxylic acids is 1. The zero-order chi connectivity index (χ0) is 14.7. The molecule has 0 aliphatic heterocycles. The Morgan fingerprint density at radius 1 is 1.11 bits per heavy atom. The van der Waals surface area contributed by atoms with Gasteiger partial charge in [-0.25, -0.2) is 9.59 Å². The van der Waals surface area contributed by atoms with E-state index in [0.29, 0.717) is 12.8 Å². The van der Waals surface area contributed by atoms with Crippen LogP contribution in [0.3, 0.4) is 0 Å². The summed E-state index contributed by atoms with van der Waals surface area (Å²) in [5, 5.41) is 23.6. The van der Waals surface area contributed by atoms with Crippen molar-refractivity contribution in [3.63, 3.8) is 0 Å². The van der Waals surface area contributed by atoms with Gasteiger partial charge in [0, 0.05) is 6.54 Å². The van der Waals surface area contributed by atoms with Crippen molar-refractivity contribution < 1.29 is 24.6 Å². The molecule has 0 saturated heterocycles. The molecule has 0 radical (unpaired) electrons. The second-order valence-corrected chi connectivity index (χ2v) is 3.65. The molecular formula is C11H17N3O5. The van der Waals surface area contributed by atoms with Crippen molar-refractivity contribution in [1.82, 2.24) is 16.0 Å². The Balaban J connectivity index is 4.06. The van der Waals surface area contributed by atoms with E-state index in [1.54, 1.807) is 0 Å². The minimum atomic E-state index is -1.30. The van der Waals surface area contributed by atoms with Crippen LogP contribution in [-0.4, -0.2) is 47.4 Å². The Morgan fingerprint density at radius 3 is 2.32 bits per heavy atom. The highest BCUT2D eigenvalue weighted by atomic mass is 16.4. The van der Waals surface area contributed by atoms with Crippen molar-refractivity contribution in [2.75, 3.05) is 13.1 Å². The van der Waals surface area contributed by atoms with Crippen molar-refractivity contribution in [3.8, 4) is 12.3 Å². The maximum absolute atomic E-state index is 11.6. The Kier molecular flexibility index (Phi) is 8.36. The second kappa shape index (κ2) is 9.58. The predicted octanol–water partition coefficient (Wildman–Crippen LogP) is -0.190. The molecule has 5 N–H and O–H groups in total. The number of nitrogens with one attached hydrogen (secondary N) is 3. The van der Waals surface area contributed by atoms with Gasteiger partial charge in [-0.15, -0.1) is 6.42 Å². The summed E-state index contributed by atoms with van der Waals surface area (Å²) in [7, 11) is 0. The smallest absolute Gasteiger partial charge is 0.405 e. The molecular weight excluding hydrogens is 254 g/mol. The number of rotatable bonds is 8. The first-order valence-electron chi connectivity index (χ1n) is 5.64. The first kappa shape index (κ1) is 16.6. The van der Waals surface area contributed by atoms with E-state index in [1.807, 2.05) is 0 Å². The molecule has 0 aromatic heterocycles. The van der Waals surface area contributed by atoms with Gasteiger partial charge in [-0.1, -0.05) is 5.92 Å². The van der Waals surface area contributed by atoms with Gasteiger partial charge >= 0.3 is 12.2 Å². The first-order valence-corrected chi connectivity index (χ1v) is 5.64. The summed E-state index contributed by atoms with van der Waals surface area (Å²) in [5.41, 5.74) is 0. The van der Waals surface area contributed by atoms with Crippen molar-refractivity contribution in [2.24, 2.45) is 0 Å². The van der Waals surface area contributed by atoms with E-state index in [2.05, 4.69) is 21.9 Å². The lowest BCUT2D eigenvalue weighted by molar-refractivity contribution is -0.123. The summed E-state index contributed by atoms with van der Waals surface area (Å²) in [6.07, 6.45) is 3.83. The Morgan fingerprint density at radius 2 is 1.79 bits per heavy atom. The van der Waals surface area contributed by atoms with Gasteiger partial charge in [0.25, 0.3) is 0 Å². The summed E-state index contributed by atoms with van der Waals surface area (Å²) in [6, 6.07) is -0.893. The van der Waals surface area contributed by atoms with Crippen molar-refractivity contribution >= 4 is 18.1 Å². The van der Waals surface area contributed by atoms with E-state index in [9.17, 15) is 14.4 Å². The first-order chi connectivity index (χ1) is 8.97. The zero-order valence-electron chi connectivity index (χ0n) is 10.3. The van der Waals surface area contributed by atoms with Gasteiger partial charge in [0.15, 0.2) is 0 Å². The van der Waals surface area contributed by atoms with Crippen molar-refractivity contribution in [2.45, 2.75) is 25.3 Å². The number of terminal acetylenes is 1. The third-order valence-electron chi connectivity index (χ3n) is 2.17. The summed E-state index contributed by atoms with van der Waals surface area (Å²) in [5.74, 6) is 1.72. The summed E-state index contributed by atoms with van der Waals surface area (Å²) >= 11 is 0. The van der Waals surface area contributed by atoms with E-state index < -0.39 is 24.1 Å². The largest absolute Gasteiger partial charge is 0.465 e. The van der Waals surface area contributed by atoms with Crippen LogP contribution in [0.2, 0.25) is 0 Å². The Labute approximate surface area is 110 Å². The summed E-state index contributed by atoms with van der Waals surface area (Å²) in [4.78, 5) is 32.3. The highest BCUT2D eigenvalue weighted by Crippen LogP contribution is 2.01. The lowest BCUT2D eigenvalue weighted by Gasteiger charge is -2.15. The summed E-state index contributed by atoms with van der Waals surface area (Å²) < 4.78 is 0. The molecule has 8 heteroatoms. The predicted molar refractivity (Wildman–Crippen MR) is 66.7 cm³/mol. The van der Waals surface area contributed by atoms with Crippen molar-refractivity contribution in [1.29, 1.82) is 0 Å². The number of carbonyl (C=O) groups is 3. The van der Waals surface area contributed by atoms with Crippen LogP contribution in [0.5, 0.6) is 0 Å². The van der Waals surface area contributed by atoms with Gasteiger partial charge in [0.05, 0.1) is 6.54 Å². The van der Waals surface area contributed by atoms with E-state index in [-0.39, 0.29) is 19.5 Å². The number of amides is 3. The topological polar surface area (TPSA) is 128 Å². The lowest BCUT2D eigenvalue weighted by atomic mass is 10.1. The standard InChI is InChI=1S/C11H17N3O5/c1-2-6-12-9(15)8(14-11(18)19)5-3-4-7-13-10(16)17/h1,8,13-14H,3-7H2,(H,12,15)(H,16,17)(H,18,19). The van der Waals surface area contributed by atoms with Gasteiger partial charge in [0.1, 0.15) is 6.04 Å². The minimum absolute atomic E-state index is 0.0250. The molecule has 106 valence electrons. The maximum atomic E-state index is 11.6. The highest BCUT2D eigenvalue weighted by molar-refractivity contribution is 5.85. The fourth-order valence-electron chi connectivity index (χ4n) is 1.35. The fraction of sp³-hybridized carbons (Fsp3) is 0.545. The molecule has 0 spiro atoms. The van der Waals surface area contributed by atoms with Crippen molar-refractivity contribution in [3.05, 3.63) is 0 Å². The molecule has 0 aliphatic carbocycles. The molecule has 0 bridgehead atoms. The molecule has 0 aliphatic rings. The van der Waals surface area contributed by atoms with Crippen LogP contribution in [0, 0.1) is 12.3 Å². The normalized spacial score (nSPS) is 10.9. The molecule has 0 heterocycles. The molecule has 19 heavy (non-hydrogen) atoms. The molecule has 1 atom stereocenters. The molecule has 0 rings (SSSR count). The molecule has 3 amide bonds. The zero-order valence-corrected chi connectivity index (χ0v) is 10.3. The van der Waals surface area contributed by atoms with E-state index in [1.165, 1.54) is 0 Å². The SMILES string of the molecule is C#CCNC(=O)C(CCCCNC(=O)O)NC(=O)O. The van der Waals surface area contributed by atoms with Gasteiger partial charge < -0.3 is 26.2 Å². The maximum Gasteiger partial charge on any atom is 0.405 e. The number of unbranched alkanes of at least 4 members (excludes halogenated alkanes) is 1. The molecule has 0 saturated carbocycles. The van der Waals surface area contributed by atoms with Crippen LogP contribution in [-0.2, 0) is 4.79 Å². The Hall–Kier alpha value is -2.43. The minimum Gasteiger partial charge on any atom is -0.465 e. The number of hydrogen-bond donors (Lipinski definition) is 5.